The average molecular weight is 341 g/mol. The third-order valence-electron chi connectivity index (χ3n) is 6.60. The summed E-state index contributed by atoms with van der Waals surface area (Å²) in [6.07, 6.45) is 4.48. The highest BCUT2D eigenvalue weighted by Crippen LogP contribution is 2.75. The first-order valence-electron chi connectivity index (χ1n) is 7.59. The summed E-state index contributed by atoms with van der Waals surface area (Å²) < 4.78 is 6.07. The predicted molar refractivity (Wildman–Crippen MR) is 85.1 cm³/mol. The molecule has 4 atom stereocenters. The van der Waals surface area contributed by atoms with Gasteiger partial charge in [-0.25, -0.2) is 4.98 Å². The molecule has 4 nitrogen and oxygen atoms in total. The van der Waals surface area contributed by atoms with Crippen LogP contribution in [0.1, 0.15) is 33.1 Å². The van der Waals surface area contributed by atoms with Crippen LogP contribution in [0.25, 0.3) is 0 Å². The van der Waals surface area contributed by atoms with E-state index in [1.165, 1.54) is 12.6 Å². The number of pyridine rings is 1. The fourth-order valence-corrected chi connectivity index (χ4v) is 5.40. The summed E-state index contributed by atoms with van der Waals surface area (Å²) in [6.45, 7) is 5.12. The largest absolute Gasteiger partial charge is 0.364 e. The van der Waals surface area contributed by atoms with Crippen molar-refractivity contribution in [2.45, 2.75) is 38.7 Å². The van der Waals surface area contributed by atoms with Gasteiger partial charge in [0.15, 0.2) is 11.4 Å². The smallest absolute Gasteiger partial charge is 0.258 e. The Morgan fingerprint density at radius 1 is 1.45 bits per heavy atom. The molecule has 1 aromatic heterocycles. The van der Waals surface area contributed by atoms with Gasteiger partial charge in [0.05, 0.1) is 16.7 Å². The van der Waals surface area contributed by atoms with Crippen LogP contribution >= 0.6 is 23.2 Å². The van der Waals surface area contributed by atoms with E-state index in [9.17, 15) is 4.79 Å². The topological polar surface area (TPSA) is 51.2 Å². The molecule has 0 spiro atoms. The van der Waals surface area contributed by atoms with E-state index >= 15 is 0 Å². The summed E-state index contributed by atoms with van der Waals surface area (Å²) in [5.41, 5.74) is -0.773. The maximum atomic E-state index is 13.0. The van der Waals surface area contributed by atoms with Gasteiger partial charge in [-0.3, -0.25) is 4.79 Å². The lowest BCUT2D eigenvalue weighted by atomic mass is 9.66. The highest BCUT2D eigenvalue weighted by molar-refractivity contribution is 6.36. The molecule has 2 aliphatic carbocycles. The van der Waals surface area contributed by atoms with Gasteiger partial charge in [-0.1, -0.05) is 37.0 Å². The van der Waals surface area contributed by atoms with Gasteiger partial charge in [-0.05, 0) is 31.2 Å². The second-order valence-corrected chi connectivity index (χ2v) is 8.09. The summed E-state index contributed by atoms with van der Waals surface area (Å²) in [7, 11) is 0. The molecule has 118 valence electrons. The van der Waals surface area contributed by atoms with Crippen LogP contribution in [0.4, 0.5) is 5.82 Å². The number of nitrogens with one attached hydrogen (secondary N) is 1. The Hall–Kier alpha value is -0.840. The molecule has 1 amide bonds. The molecule has 1 aliphatic heterocycles. The van der Waals surface area contributed by atoms with E-state index in [1.54, 1.807) is 6.07 Å². The minimum atomic E-state index is -0.755. The fraction of sp³-hybridized carbons (Fsp3) is 0.625. The number of hydrogen-bond donors (Lipinski definition) is 1. The highest BCUT2D eigenvalue weighted by Gasteiger charge is 2.78. The first-order chi connectivity index (χ1) is 10.3. The van der Waals surface area contributed by atoms with Crippen molar-refractivity contribution in [2.75, 3.05) is 11.9 Å². The van der Waals surface area contributed by atoms with Gasteiger partial charge in [0.25, 0.3) is 5.91 Å². The van der Waals surface area contributed by atoms with Crippen LogP contribution < -0.4 is 5.32 Å². The van der Waals surface area contributed by atoms with Gasteiger partial charge in [0.2, 0.25) is 0 Å². The number of hydrogen-bond acceptors (Lipinski definition) is 3. The number of nitrogens with zero attached hydrogens (tertiary/aromatic N) is 1. The summed E-state index contributed by atoms with van der Waals surface area (Å²) in [5, 5.41) is 3.64. The van der Waals surface area contributed by atoms with Crippen molar-refractivity contribution in [1.29, 1.82) is 0 Å². The summed E-state index contributed by atoms with van der Waals surface area (Å²) >= 11 is 12.0. The lowest BCUT2D eigenvalue weighted by Gasteiger charge is -2.39. The highest BCUT2D eigenvalue weighted by atomic mass is 35.5. The Morgan fingerprint density at radius 2 is 2.23 bits per heavy atom. The minimum absolute atomic E-state index is 0.0988. The second-order valence-electron chi connectivity index (χ2n) is 7.24. The molecule has 0 radical (unpaired) electrons. The number of carbonyl (C=O) groups excluding carboxylic acids is 1. The van der Waals surface area contributed by atoms with Gasteiger partial charge in [-0.2, -0.15) is 0 Å². The molecular weight excluding hydrogens is 323 g/mol. The molecule has 3 aliphatic rings. The van der Waals surface area contributed by atoms with Crippen molar-refractivity contribution < 1.29 is 9.53 Å². The number of ether oxygens (including phenoxy) is 1. The molecule has 0 aromatic carbocycles. The van der Waals surface area contributed by atoms with Gasteiger partial charge in [0.1, 0.15) is 0 Å². The maximum absolute atomic E-state index is 13.0. The number of anilines is 1. The van der Waals surface area contributed by atoms with Crippen molar-refractivity contribution in [3.05, 3.63) is 22.3 Å². The number of aromatic nitrogens is 1. The molecule has 4 bridgehead atoms. The molecule has 1 N–H and O–H groups in total. The van der Waals surface area contributed by atoms with Gasteiger partial charge in [-0.15, -0.1) is 0 Å². The van der Waals surface area contributed by atoms with Crippen LogP contribution in [0, 0.1) is 16.7 Å². The van der Waals surface area contributed by atoms with E-state index in [-0.39, 0.29) is 16.7 Å². The average Bonchev–Trinajstić information content (AvgIpc) is 2.94. The number of carbonyl (C=O) groups is 1. The summed E-state index contributed by atoms with van der Waals surface area (Å²) in [5.74, 6) is 0.775. The van der Waals surface area contributed by atoms with E-state index in [1.807, 2.05) is 0 Å². The van der Waals surface area contributed by atoms with Crippen LogP contribution in [-0.4, -0.2) is 23.1 Å². The van der Waals surface area contributed by atoms with Crippen molar-refractivity contribution in [1.82, 2.24) is 4.98 Å². The van der Waals surface area contributed by atoms with Crippen LogP contribution in [-0.2, 0) is 9.53 Å². The monoisotopic (exact) mass is 340 g/mol. The number of rotatable bonds is 2. The van der Waals surface area contributed by atoms with E-state index < -0.39 is 5.60 Å². The maximum Gasteiger partial charge on any atom is 0.258 e. The SMILES string of the molecule is CC12COC3(C(=O)Nc4ncc(Cl)cc4Cl)CC1CCC32C. The third kappa shape index (κ3) is 1.53. The zero-order valence-corrected chi connectivity index (χ0v) is 14.1. The van der Waals surface area contributed by atoms with Crippen LogP contribution in [0.2, 0.25) is 10.0 Å². The number of amides is 1. The van der Waals surface area contributed by atoms with Crippen molar-refractivity contribution >= 4 is 34.9 Å². The molecule has 1 aromatic rings. The number of halogens is 2. The minimum Gasteiger partial charge on any atom is -0.364 e. The molecule has 1 saturated heterocycles. The molecular formula is C16H18Cl2N2O2. The summed E-state index contributed by atoms with van der Waals surface area (Å²) in [6, 6.07) is 1.57. The Labute approximate surface area is 139 Å². The Balaban J connectivity index is 1.67. The third-order valence-corrected chi connectivity index (χ3v) is 7.10. The lowest BCUT2D eigenvalue weighted by Crippen LogP contribution is -2.52. The lowest BCUT2D eigenvalue weighted by molar-refractivity contribution is -0.149. The van der Waals surface area contributed by atoms with Crippen molar-refractivity contribution in [3.63, 3.8) is 0 Å². The fourth-order valence-electron chi connectivity index (χ4n) is 4.97. The van der Waals surface area contributed by atoms with Gasteiger partial charge in [0, 0.05) is 17.0 Å². The van der Waals surface area contributed by atoms with E-state index in [4.69, 9.17) is 27.9 Å². The van der Waals surface area contributed by atoms with Gasteiger partial charge < -0.3 is 10.1 Å². The molecule has 3 fully saturated rings. The Morgan fingerprint density at radius 3 is 2.86 bits per heavy atom. The van der Waals surface area contributed by atoms with Crippen LogP contribution in [0.5, 0.6) is 0 Å². The molecule has 6 heteroatoms. The first-order valence-corrected chi connectivity index (χ1v) is 8.34. The quantitative estimate of drug-likeness (QED) is 0.887. The van der Waals surface area contributed by atoms with Crippen molar-refractivity contribution in [3.8, 4) is 0 Å². The molecule has 22 heavy (non-hydrogen) atoms. The van der Waals surface area contributed by atoms with E-state index in [2.05, 4.69) is 24.1 Å². The molecule has 2 saturated carbocycles. The van der Waals surface area contributed by atoms with E-state index in [0.717, 1.165) is 12.8 Å². The normalized spacial score (nSPS) is 41.9. The Kier molecular flexibility index (Phi) is 2.93. The predicted octanol–water partition coefficient (Wildman–Crippen LogP) is 3.92. The zero-order valence-electron chi connectivity index (χ0n) is 12.6. The van der Waals surface area contributed by atoms with E-state index in [0.29, 0.717) is 28.4 Å². The molecule has 4 rings (SSSR count). The van der Waals surface area contributed by atoms with Crippen LogP contribution in [0.15, 0.2) is 12.3 Å². The van der Waals surface area contributed by atoms with Crippen LogP contribution in [0.3, 0.4) is 0 Å². The Bertz CT molecular complexity index is 682. The zero-order chi connectivity index (χ0) is 15.8. The summed E-state index contributed by atoms with van der Waals surface area (Å²) in [4.78, 5) is 17.1. The molecule has 2 heterocycles. The van der Waals surface area contributed by atoms with Gasteiger partial charge >= 0.3 is 0 Å². The standard InChI is InChI=1S/C16H18Cl2N2O2/c1-14-8-22-16(6-9(14)3-4-15(14,16)2)13(21)20-12-11(18)5-10(17)7-19-12/h5,7,9H,3-4,6,8H2,1-2H3,(H,19,20,21). The van der Waals surface area contributed by atoms with Crippen molar-refractivity contribution in [2.24, 2.45) is 16.7 Å². The molecule has 4 unspecified atom stereocenters. The first kappa shape index (κ1) is 14.7. The second kappa shape index (κ2) is 4.37.